The number of hydrogen-bond acceptors (Lipinski definition) is 15. The Hall–Kier alpha value is -0.720. The summed E-state index contributed by atoms with van der Waals surface area (Å²) in [7, 11) is 2.71. The monoisotopic (exact) mass is 1550 g/mol. The molecule has 0 fully saturated rings. The van der Waals surface area contributed by atoms with Crippen LogP contribution in [0.5, 0.6) is 0 Å². The summed E-state index contributed by atoms with van der Waals surface area (Å²) in [6.07, 6.45) is -6.18. The zero-order valence-electron chi connectivity index (χ0n) is 32.7. The molecule has 4 atom stereocenters. The number of anilines is 2. The van der Waals surface area contributed by atoms with E-state index in [1.807, 2.05) is 0 Å². The van der Waals surface area contributed by atoms with Crippen LogP contribution >= 0.6 is 136 Å². The third-order valence-electron chi connectivity index (χ3n) is 8.58. The number of rotatable bonds is 22. The van der Waals surface area contributed by atoms with Crippen LogP contribution < -0.4 is 16.0 Å². The summed E-state index contributed by atoms with van der Waals surface area (Å²) < 4.78 is 0.924. The number of carbonyl (C=O) groups is 6. The highest BCUT2D eigenvalue weighted by atomic mass is 127. The Balaban J connectivity index is 2.58. The summed E-state index contributed by atoms with van der Waals surface area (Å²) >= 11 is 10.7. The number of aliphatic hydroxyl groups is 9. The number of aliphatic hydroxyl groups excluding tert-OH is 9. The van der Waals surface area contributed by atoms with Gasteiger partial charge in [-0.2, -0.15) is 0 Å². The molecule has 62 heavy (non-hydrogen) atoms. The number of likely N-dealkylation sites (N-methyl/N-ethyl adjacent to an activating group) is 2. The first-order valence-electron chi connectivity index (χ1n) is 17.9. The number of benzene rings is 2. The quantitative estimate of drug-likeness (QED) is 0.0497. The topological polar surface area (TPSA) is 330 Å². The van der Waals surface area contributed by atoms with E-state index in [0.717, 1.165) is 9.80 Å². The van der Waals surface area contributed by atoms with Crippen molar-refractivity contribution < 1.29 is 74.7 Å². The minimum atomic E-state index is -1.85. The van der Waals surface area contributed by atoms with Gasteiger partial charge < -0.3 is 76.6 Å². The van der Waals surface area contributed by atoms with Crippen molar-refractivity contribution in [1.29, 1.82) is 0 Å². The van der Waals surface area contributed by atoms with Crippen molar-refractivity contribution in [2.24, 2.45) is 0 Å². The van der Waals surface area contributed by atoms with Crippen LogP contribution in [0.1, 0.15) is 47.9 Å². The average Bonchev–Trinajstić information content (AvgIpc) is 3.23. The van der Waals surface area contributed by atoms with Crippen molar-refractivity contribution in [3.8, 4) is 0 Å². The van der Waals surface area contributed by atoms with Crippen molar-refractivity contribution in [2.75, 3.05) is 90.5 Å². The second-order valence-electron chi connectivity index (χ2n) is 13.2. The predicted molar refractivity (Wildman–Crippen MR) is 273 cm³/mol. The molecule has 346 valence electrons. The van der Waals surface area contributed by atoms with E-state index in [1.165, 1.54) is 19.0 Å². The van der Waals surface area contributed by atoms with E-state index in [0.29, 0.717) is 0 Å². The molecule has 0 aliphatic carbocycles. The van der Waals surface area contributed by atoms with Gasteiger partial charge in [0.2, 0.25) is 0 Å². The summed E-state index contributed by atoms with van der Waals surface area (Å²) in [5.41, 5.74) is -0.306. The fraction of sp³-hybridized carbons (Fsp3) is 0.486. The summed E-state index contributed by atoms with van der Waals surface area (Å²) in [4.78, 5) is 84.7. The van der Waals surface area contributed by atoms with Gasteiger partial charge in [0.1, 0.15) is 0 Å². The van der Waals surface area contributed by atoms with Gasteiger partial charge in [0.05, 0.1) is 93.2 Å². The lowest BCUT2D eigenvalue weighted by Crippen LogP contribution is -2.39. The Kier molecular flexibility index (Phi) is 25.2. The van der Waals surface area contributed by atoms with E-state index >= 15 is 0 Å². The molecule has 0 aromatic heterocycles. The largest absolute Gasteiger partial charge is 0.395 e. The summed E-state index contributed by atoms with van der Waals surface area (Å²) in [5, 5.41) is 95.0. The molecule has 0 saturated heterocycles. The van der Waals surface area contributed by atoms with Crippen LogP contribution in [0.25, 0.3) is 0 Å². The smallest absolute Gasteiger partial charge is 0.256 e. The molecular weight excluding hydrogens is 1510 g/mol. The molecule has 0 aliphatic rings. The van der Waals surface area contributed by atoms with Gasteiger partial charge in [-0.05, 0) is 142 Å². The lowest BCUT2D eigenvalue weighted by molar-refractivity contribution is -0.126. The molecule has 27 heteroatoms. The SMILES string of the molecule is CN(CC(O)CO)C(=O)c1c(I)c(NC(=O)C(O)CO)c(I)c(C(=O)NCCCN(CCO)C(=O)c2c(I)c(NC(=O)C(O)CO)c(I)c(C(=O)N(C)CC(O)CO)c2I)c1I. The molecule has 0 radical (unpaired) electrons. The number of hydrogen-bond donors (Lipinski definition) is 12. The van der Waals surface area contributed by atoms with Gasteiger partial charge >= 0.3 is 0 Å². The molecule has 0 aliphatic heterocycles. The lowest BCUT2D eigenvalue weighted by Gasteiger charge is -2.27. The highest BCUT2D eigenvalue weighted by molar-refractivity contribution is 14.1. The number of nitrogens with one attached hydrogen (secondary N) is 3. The molecule has 0 saturated carbocycles. The van der Waals surface area contributed by atoms with E-state index in [2.05, 4.69) is 16.0 Å². The van der Waals surface area contributed by atoms with Crippen molar-refractivity contribution in [3.63, 3.8) is 0 Å². The molecule has 12 N–H and O–H groups in total. The zero-order valence-corrected chi connectivity index (χ0v) is 45.6. The summed E-state index contributed by atoms with van der Waals surface area (Å²) in [6.45, 7) is -4.60. The third-order valence-corrected chi connectivity index (χ3v) is 15.1. The van der Waals surface area contributed by atoms with Crippen molar-refractivity contribution in [3.05, 3.63) is 43.7 Å². The lowest BCUT2D eigenvalue weighted by atomic mass is 10.1. The molecular formula is C35H44I6N6O15. The first kappa shape index (κ1) is 57.4. The van der Waals surface area contributed by atoms with Gasteiger partial charge in [-0.15, -0.1) is 0 Å². The molecule has 2 aromatic carbocycles. The van der Waals surface area contributed by atoms with E-state index in [-0.39, 0.29) is 94.2 Å². The second kappa shape index (κ2) is 27.2. The van der Waals surface area contributed by atoms with Gasteiger partial charge in [0.25, 0.3) is 35.4 Å². The maximum Gasteiger partial charge on any atom is 0.256 e. The van der Waals surface area contributed by atoms with E-state index < -0.39 is 92.9 Å². The van der Waals surface area contributed by atoms with Crippen LogP contribution in [0.4, 0.5) is 11.4 Å². The third kappa shape index (κ3) is 14.6. The van der Waals surface area contributed by atoms with Crippen LogP contribution in [-0.4, -0.2) is 200 Å². The maximum absolute atomic E-state index is 14.4. The molecule has 2 aromatic rings. The molecule has 0 heterocycles. The van der Waals surface area contributed by atoms with E-state index in [1.54, 1.807) is 136 Å². The zero-order chi connectivity index (χ0) is 47.3. The molecule has 21 nitrogen and oxygen atoms in total. The maximum atomic E-state index is 14.4. The van der Waals surface area contributed by atoms with E-state index in [9.17, 15) is 74.7 Å². The molecule has 6 amide bonds. The average molecular weight is 1550 g/mol. The second-order valence-corrected chi connectivity index (χ2v) is 19.7. The Labute approximate surface area is 436 Å². The van der Waals surface area contributed by atoms with Gasteiger partial charge in [-0.3, -0.25) is 28.8 Å². The van der Waals surface area contributed by atoms with Crippen molar-refractivity contribution >= 4 is 182 Å². The predicted octanol–water partition coefficient (Wildman–Crippen LogP) is -0.997. The van der Waals surface area contributed by atoms with Crippen LogP contribution in [0, 0.1) is 21.4 Å². The first-order chi connectivity index (χ1) is 29.1. The fourth-order valence-electron chi connectivity index (χ4n) is 5.34. The standard InChI is InChI=1S/C35H44I6N6O15/c1-45(8-14(53)10-49)33(60)19-22(36)18(24(38)28(25(19)39)43-30(57)16(55)12-51)32(59)42-4-3-5-47(6-7-48)35(62)21-23(37)20(34(61)46(2)9-15(54)11-50)26(40)29(27(21)41)44-31(58)17(56)13-52/h14-17,48-56H,3-13H2,1-2H3,(H,42,59)(H,43,57)(H,44,58). The Morgan fingerprint density at radius 3 is 1.27 bits per heavy atom. The Bertz CT molecular complexity index is 2000. The number of carbonyl (C=O) groups excluding carboxylic acids is 6. The molecule has 0 spiro atoms. The normalized spacial score (nSPS) is 13.1. The van der Waals surface area contributed by atoms with Gasteiger partial charge in [0.15, 0.2) is 12.2 Å². The first-order valence-corrected chi connectivity index (χ1v) is 24.4. The van der Waals surface area contributed by atoms with Gasteiger partial charge in [0, 0.05) is 54.0 Å². The minimum Gasteiger partial charge on any atom is -0.395 e. The van der Waals surface area contributed by atoms with E-state index in [4.69, 9.17) is 0 Å². The van der Waals surface area contributed by atoms with Crippen LogP contribution in [0.2, 0.25) is 0 Å². The molecule has 4 unspecified atom stereocenters. The van der Waals surface area contributed by atoms with Crippen LogP contribution in [0.3, 0.4) is 0 Å². The number of nitrogens with zero attached hydrogens (tertiary/aromatic N) is 3. The highest BCUT2D eigenvalue weighted by Crippen LogP contribution is 2.38. The van der Waals surface area contributed by atoms with Crippen LogP contribution in [0.15, 0.2) is 0 Å². The van der Waals surface area contributed by atoms with Gasteiger partial charge in [-0.25, -0.2) is 0 Å². The molecule has 0 bridgehead atoms. The summed E-state index contributed by atoms with van der Waals surface area (Å²) in [6, 6.07) is 0. The number of halogens is 6. The minimum absolute atomic E-state index is 0.0229. The van der Waals surface area contributed by atoms with Crippen molar-refractivity contribution in [1.82, 2.24) is 20.0 Å². The Morgan fingerprint density at radius 2 is 0.903 bits per heavy atom. The van der Waals surface area contributed by atoms with Gasteiger partial charge in [-0.1, -0.05) is 0 Å². The molecule has 2 rings (SSSR count). The highest BCUT2D eigenvalue weighted by Gasteiger charge is 2.34. The number of amides is 6. The van der Waals surface area contributed by atoms with Crippen LogP contribution in [-0.2, 0) is 9.59 Å². The van der Waals surface area contributed by atoms with Crippen molar-refractivity contribution in [2.45, 2.75) is 30.8 Å². The fourth-order valence-corrected chi connectivity index (χ4v) is 14.1. The Morgan fingerprint density at radius 1 is 0.532 bits per heavy atom. The summed E-state index contributed by atoms with van der Waals surface area (Å²) in [5.74, 6) is -4.85.